The summed E-state index contributed by atoms with van der Waals surface area (Å²) in [5.41, 5.74) is 1.25. The van der Waals surface area contributed by atoms with Crippen molar-refractivity contribution in [3.05, 3.63) is 100 Å². The Morgan fingerprint density at radius 1 is 0.974 bits per heavy atom. The van der Waals surface area contributed by atoms with Gasteiger partial charge in [0.1, 0.15) is 11.5 Å². The van der Waals surface area contributed by atoms with Crippen molar-refractivity contribution in [3.63, 3.8) is 0 Å². The summed E-state index contributed by atoms with van der Waals surface area (Å²) >= 11 is 0. The highest BCUT2D eigenvalue weighted by molar-refractivity contribution is 6.51. The number of ketones is 1. The van der Waals surface area contributed by atoms with Crippen LogP contribution in [0.1, 0.15) is 61.6 Å². The molecule has 0 saturated carbocycles. The fraction of sp³-hybridized carbons (Fsp3) is 0.290. The number of ether oxygens (including phenoxy) is 1. The van der Waals surface area contributed by atoms with Gasteiger partial charge in [0.05, 0.1) is 23.8 Å². The molecule has 0 spiro atoms. The highest BCUT2D eigenvalue weighted by Gasteiger charge is 2.47. The molecule has 1 amide bonds. The Morgan fingerprint density at radius 3 is 2.21 bits per heavy atom. The summed E-state index contributed by atoms with van der Waals surface area (Å²) in [6, 6.07) is 15.2. The zero-order valence-electron chi connectivity index (χ0n) is 22.4. The van der Waals surface area contributed by atoms with Crippen molar-refractivity contribution in [2.45, 2.75) is 52.3 Å². The molecule has 3 aromatic carbocycles. The first-order valence-corrected chi connectivity index (χ1v) is 12.6. The van der Waals surface area contributed by atoms with E-state index >= 15 is 0 Å². The maximum Gasteiger partial charge on any atom is 0.416 e. The van der Waals surface area contributed by atoms with Crippen molar-refractivity contribution in [2.24, 2.45) is 0 Å². The number of alkyl halides is 3. The van der Waals surface area contributed by atoms with Gasteiger partial charge in [-0.05, 0) is 67.3 Å². The van der Waals surface area contributed by atoms with Crippen molar-refractivity contribution in [1.82, 2.24) is 0 Å². The monoisotopic (exact) mass is 537 g/mol. The topological polar surface area (TPSA) is 66.8 Å². The van der Waals surface area contributed by atoms with Gasteiger partial charge in [0, 0.05) is 16.8 Å². The first-order chi connectivity index (χ1) is 18.2. The third kappa shape index (κ3) is 5.41. The van der Waals surface area contributed by atoms with Crippen LogP contribution in [0.2, 0.25) is 0 Å². The van der Waals surface area contributed by atoms with E-state index < -0.39 is 29.5 Å². The number of hydrogen-bond acceptors (Lipinski definition) is 4. The summed E-state index contributed by atoms with van der Waals surface area (Å²) in [5.74, 6) is -1.60. The number of amides is 1. The molecule has 39 heavy (non-hydrogen) atoms. The van der Waals surface area contributed by atoms with E-state index in [1.807, 2.05) is 40.7 Å². The molecular weight excluding hydrogens is 507 g/mol. The maximum atomic E-state index is 13.4. The second kappa shape index (κ2) is 10.2. The third-order valence-corrected chi connectivity index (χ3v) is 6.64. The van der Waals surface area contributed by atoms with Crippen molar-refractivity contribution in [3.8, 4) is 5.75 Å². The highest BCUT2D eigenvalue weighted by atomic mass is 19.4. The minimum absolute atomic E-state index is 0.109. The van der Waals surface area contributed by atoms with Crippen LogP contribution in [0.3, 0.4) is 0 Å². The van der Waals surface area contributed by atoms with Crippen molar-refractivity contribution in [1.29, 1.82) is 0 Å². The number of carbonyl (C=O) groups is 2. The SMILES string of the molecule is CCOc1ccc(/C(O)=C2/C(=O)C(=O)N(c3ccc(C(F)(F)F)cc3)C2c2cccc(C)c2)cc1C(C)(C)C. The van der Waals surface area contributed by atoms with Crippen molar-refractivity contribution in [2.75, 3.05) is 11.5 Å². The predicted octanol–water partition coefficient (Wildman–Crippen LogP) is 7.34. The molecule has 0 bridgehead atoms. The van der Waals surface area contributed by atoms with Crippen LogP contribution in [-0.2, 0) is 21.2 Å². The lowest BCUT2D eigenvalue weighted by Gasteiger charge is -2.26. The minimum Gasteiger partial charge on any atom is -0.507 e. The number of rotatable bonds is 5. The summed E-state index contributed by atoms with van der Waals surface area (Å²) in [6.07, 6.45) is -4.55. The lowest BCUT2D eigenvalue weighted by atomic mass is 9.84. The van der Waals surface area contributed by atoms with Gasteiger partial charge in [-0.3, -0.25) is 14.5 Å². The Balaban J connectivity index is 1.93. The number of Topliss-reactive ketones (excluding diaryl/α,β-unsaturated/α-hetero) is 1. The van der Waals surface area contributed by atoms with Gasteiger partial charge in [-0.25, -0.2) is 0 Å². The number of carbonyl (C=O) groups excluding carboxylic acids is 2. The van der Waals surface area contributed by atoms with Gasteiger partial charge in [-0.1, -0.05) is 50.6 Å². The Morgan fingerprint density at radius 2 is 1.64 bits per heavy atom. The number of aryl methyl sites for hydroxylation is 1. The fourth-order valence-corrected chi connectivity index (χ4v) is 4.77. The summed E-state index contributed by atoms with van der Waals surface area (Å²) in [7, 11) is 0. The number of halogens is 3. The van der Waals surface area contributed by atoms with Gasteiger partial charge in [-0.2, -0.15) is 13.2 Å². The molecule has 0 aromatic heterocycles. The predicted molar refractivity (Wildman–Crippen MR) is 144 cm³/mol. The van der Waals surface area contributed by atoms with Gasteiger partial charge >= 0.3 is 6.18 Å². The first kappa shape index (κ1) is 28.0. The van der Waals surface area contributed by atoms with Crippen LogP contribution in [0, 0.1) is 6.92 Å². The standard InChI is InChI=1S/C31H30F3NO4/c1-6-39-24-15-10-20(17-23(24)30(3,4)5)27(36)25-26(19-9-7-8-18(2)16-19)35(29(38)28(25)37)22-13-11-21(12-14-22)31(32,33)34/h7-17,26,36H,6H2,1-5H3/b27-25-. The van der Waals surface area contributed by atoms with E-state index in [-0.39, 0.29) is 22.4 Å². The number of anilines is 1. The second-order valence-electron chi connectivity index (χ2n) is 10.5. The van der Waals surface area contributed by atoms with E-state index in [1.54, 1.807) is 36.4 Å². The van der Waals surface area contributed by atoms with Gasteiger partial charge in [0.25, 0.3) is 11.7 Å². The van der Waals surface area contributed by atoms with E-state index in [9.17, 15) is 27.9 Å². The van der Waals surface area contributed by atoms with E-state index in [4.69, 9.17) is 4.74 Å². The molecule has 1 aliphatic rings. The number of nitrogens with zero attached hydrogens (tertiary/aromatic N) is 1. The third-order valence-electron chi connectivity index (χ3n) is 6.64. The van der Waals surface area contributed by atoms with Crippen LogP contribution in [0.4, 0.5) is 18.9 Å². The number of aliphatic hydroxyl groups is 1. The first-order valence-electron chi connectivity index (χ1n) is 12.6. The summed E-state index contributed by atoms with van der Waals surface area (Å²) in [4.78, 5) is 27.9. The Bertz CT molecular complexity index is 1450. The highest BCUT2D eigenvalue weighted by Crippen LogP contribution is 2.44. The lowest BCUT2D eigenvalue weighted by molar-refractivity contribution is -0.137. The quantitative estimate of drug-likeness (QED) is 0.210. The van der Waals surface area contributed by atoms with Crippen LogP contribution < -0.4 is 9.64 Å². The molecule has 3 aromatic rings. The molecule has 1 saturated heterocycles. The Kier molecular flexibility index (Phi) is 7.34. The largest absolute Gasteiger partial charge is 0.507 e. The van der Waals surface area contributed by atoms with Crippen LogP contribution in [-0.4, -0.2) is 23.4 Å². The van der Waals surface area contributed by atoms with Crippen LogP contribution in [0.15, 0.2) is 72.3 Å². The van der Waals surface area contributed by atoms with Gasteiger partial charge < -0.3 is 9.84 Å². The smallest absolute Gasteiger partial charge is 0.416 e. The molecule has 1 aliphatic heterocycles. The molecule has 1 N–H and O–H groups in total. The zero-order chi connectivity index (χ0) is 28.7. The van der Waals surface area contributed by atoms with Gasteiger partial charge in [0.15, 0.2) is 0 Å². The average molecular weight is 538 g/mol. The van der Waals surface area contributed by atoms with Crippen molar-refractivity contribution >= 4 is 23.1 Å². The molecule has 0 radical (unpaired) electrons. The number of aliphatic hydroxyl groups excluding tert-OH is 1. The molecule has 0 aliphatic carbocycles. The van der Waals surface area contributed by atoms with Crippen LogP contribution in [0.25, 0.3) is 5.76 Å². The molecule has 204 valence electrons. The van der Waals surface area contributed by atoms with E-state index in [1.165, 1.54) is 0 Å². The van der Waals surface area contributed by atoms with E-state index in [2.05, 4.69) is 0 Å². The summed E-state index contributed by atoms with van der Waals surface area (Å²) < 4.78 is 45.3. The molecule has 1 fully saturated rings. The molecule has 8 heteroatoms. The van der Waals surface area contributed by atoms with Crippen LogP contribution >= 0.6 is 0 Å². The fourth-order valence-electron chi connectivity index (χ4n) is 4.77. The molecular formula is C31H30F3NO4. The summed E-state index contributed by atoms with van der Waals surface area (Å²) in [6.45, 7) is 10.1. The molecule has 4 rings (SSSR count). The molecule has 1 atom stereocenters. The molecule has 1 heterocycles. The molecule has 1 unspecified atom stereocenters. The van der Waals surface area contributed by atoms with E-state index in [0.29, 0.717) is 23.5 Å². The Labute approximate surface area is 225 Å². The van der Waals surface area contributed by atoms with Crippen LogP contribution in [0.5, 0.6) is 5.75 Å². The minimum atomic E-state index is -4.55. The second-order valence-corrected chi connectivity index (χ2v) is 10.5. The van der Waals surface area contributed by atoms with Gasteiger partial charge in [0.2, 0.25) is 0 Å². The molecule has 5 nitrogen and oxygen atoms in total. The Hall–Kier alpha value is -4.07. The van der Waals surface area contributed by atoms with Crippen molar-refractivity contribution < 1.29 is 32.6 Å². The van der Waals surface area contributed by atoms with Gasteiger partial charge in [-0.15, -0.1) is 0 Å². The van der Waals surface area contributed by atoms with E-state index in [0.717, 1.165) is 40.3 Å². The number of hydrogen-bond donors (Lipinski definition) is 1. The normalized spacial score (nSPS) is 17.5. The maximum absolute atomic E-state index is 13.4. The lowest BCUT2D eigenvalue weighted by Crippen LogP contribution is -2.29. The average Bonchev–Trinajstić information content (AvgIpc) is 3.13. The zero-order valence-corrected chi connectivity index (χ0v) is 22.4. The summed E-state index contributed by atoms with van der Waals surface area (Å²) in [5, 5.41) is 11.5. The number of benzene rings is 3.